The van der Waals surface area contributed by atoms with Crippen molar-refractivity contribution in [3.05, 3.63) is 35.4 Å². The molecule has 0 aliphatic heterocycles. The maximum absolute atomic E-state index is 3.35. The van der Waals surface area contributed by atoms with Crippen LogP contribution in [0.3, 0.4) is 0 Å². The van der Waals surface area contributed by atoms with E-state index in [1.54, 1.807) is 0 Å². The van der Waals surface area contributed by atoms with E-state index < -0.39 is 0 Å². The summed E-state index contributed by atoms with van der Waals surface area (Å²) in [6.07, 6.45) is 2.29. The molecule has 0 aromatic heterocycles. The Kier molecular flexibility index (Phi) is 4.55. The first-order valence-corrected chi connectivity index (χ1v) is 5.16. The van der Waals surface area contributed by atoms with Gasteiger partial charge in [0.25, 0.3) is 0 Å². The number of aryl methyl sites for hydroxylation is 1. The summed E-state index contributed by atoms with van der Waals surface area (Å²) in [5.74, 6) is 0. The third kappa shape index (κ3) is 3.19. The van der Waals surface area contributed by atoms with Gasteiger partial charge in [0.1, 0.15) is 0 Å². The molecule has 1 aromatic rings. The molecule has 1 aromatic carbocycles. The summed E-state index contributed by atoms with van der Waals surface area (Å²) in [6, 6.07) is 8.70. The van der Waals surface area contributed by atoms with Gasteiger partial charge in [0, 0.05) is 0 Å². The van der Waals surface area contributed by atoms with Crippen molar-refractivity contribution >= 4 is 0 Å². The first-order valence-electron chi connectivity index (χ1n) is 5.16. The lowest BCUT2D eigenvalue weighted by Crippen LogP contribution is -2.16. The van der Waals surface area contributed by atoms with Gasteiger partial charge in [0.2, 0.25) is 0 Å². The van der Waals surface area contributed by atoms with E-state index in [0.717, 1.165) is 25.9 Å². The van der Waals surface area contributed by atoms with Crippen LogP contribution in [0.2, 0.25) is 0 Å². The number of nitrogens with one attached hydrogen (secondary N) is 1. The minimum Gasteiger partial charge on any atom is -0.317 e. The molecule has 0 atom stereocenters. The van der Waals surface area contributed by atoms with Crippen LogP contribution >= 0.6 is 0 Å². The summed E-state index contributed by atoms with van der Waals surface area (Å²) in [4.78, 5) is 0. The highest BCUT2D eigenvalue weighted by Crippen LogP contribution is 2.09. The normalized spacial score (nSPS) is 10.3. The van der Waals surface area contributed by atoms with E-state index >= 15 is 0 Å². The highest BCUT2D eigenvalue weighted by atomic mass is 14.8. The molecule has 13 heavy (non-hydrogen) atoms. The Morgan fingerprint density at radius 3 is 2.38 bits per heavy atom. The van der Waals surface area contributed by atoms with Crippen LogP contribution in [0, 0.1) is 0 Å². The number of hydrogen-bond donors (Lipinski definition) is 1. The van der Waals surface area contributed by atoms with Gasteiger partial charge in [0.15, 0.2) is 0 Å². The summed E-state index contributed by atoms with van der Waals surface area (Å²) in [6.45, 7) is 6.51. The van der Waals surface area contributed by atoms with Crippen molar-refractivity contribution in [1.29, 1.82) is 0 Å². The quantitative estimate of drug-likeness (QED) is 0.681. The molecule has 0 bridgehead atoms. The van der Waals surface area contributed by atoms with Crippen molar-refractivity contribution in [3.63, 3.8) is 0 Å². The Balaban J connectivity index is 2.54. The van der Waals surface area contributed by atoms with Crippen LogP contribution in [0.4, 0.5) is 0 Å². The average molecular weight is 177 g/mol. The van der Waals surface area contributed by atoms with E-state index in [9.17, 15) is 0 Å². The third-order valence-electron chi connectivity index (χ3n) is 2.32. The summed E-state index contributed by atoms with van der Waals surface area (Å²) < 4.78 is 0. The second-order valence-electron chi connectivity index (χ2n) is 3.23. The van der Waals surface area contributed by atoms with Gasteiger partial charge in [-0.15, -0.1) is 0 Å². The Bertz CT molecular complexity index is 243. The molecule has 0 aliphatic rings. The van der Waals surface area contributed by atoms with Crippen LogP contribution < -0.4 is 5.32 Å². The molecule has 0 amide bonds. The molecule has 0 radical (unpaired) electrons. The minimum atomic E-state index is 1.06. The van der Waals surface area contributed by atoms with E-state index in [0.29, 0.717) is 0 Å². The smallest absolute Gasteiger partial charge is 0.000837 e. The average Bonchev–Trinajstić information content (AvgIpc) is 2.19. The highest BCUT2D eigenvalue weighted by molar-refractivity contribution is 5.27. The molecule has 0 spiro atoms. The van der Waals surface area contributed by atoms with Gasteiger partial charge >= 0.3 is 0 Å². The zero-order valence-electron chi connectivity index (χ0n) is 8.64. The zero-order valence-corrected chi connectivity index (χ0v) is 8.64. The number of likely N-dealkylation sites (N-methyl/N-ethyl adjacent to an activating group) is 1. The Labute approximate surface area is 81.2 Å². The van der Waals surface area contributed by atoms with E-state index in [1.165, 1.54) is 11.1 Å². The molecule has 72 valence electrons. The lowest BCUT2D eigenvalue weighted by Gasteiger charge is -2.07. The molecule has 0 unspecified atom stereocenters. The van der Waals surface area contributed by atoms with Gasteiger partial charge in [-0.3, -0.25) is 0 Å². The van der Waals surface area contributed by atoms with Crippen LogP contribution in [-0.2, 0) is 12.8 Å². The Morgan fingerprint density at radius 1 is 1.08 bits per heavy atom. The molecular weight excluding hydrogens is 158 g/mol. The second kappa shape index (κ2) is 5.76. The van der Waals surface area contributed by atoms with Crippen molar-refractivity contribution < 1.29 is 0 Å². The molecule has 0 saturated heterocycles. The fourth-order valence-electron chi connectivity index (χ4n) is 1.55. The number of benzene rings is 1. The highest BCUT2D eigenvalue weighted by Gasteiger charge is 1.97. The van der Waals surface area contributed by atoms with Crippen molar-refractivity contribution in [3.8, 4) is 0 Å². The minimum absolute atomic E-state index is 1.06. The maximum atomic E-state index is 3.35. The number of hydrogen-bond acceptors (Lipinski definition) is 1. The van der Waals surface area contributed by atoms with Gasteiger partial charge < -0.3 is 5.32 Å². The van der Waals surface area contributed by atoms with Crippen molar-refractivity contribution in [2.24, 2.45) is 0 Å². The van der Waals surface area contributed by atoms with Gasteiger partial charge in [-0.2, -0.15) is 0 Å². The van der Waals surface area contributed by atoms with Gasteiger partial charge in [-0.05, 0) is 37.1 Å². The summed E-state index contributed by atoms with van der Waals surface area (Å²) >= 11 is 0. The van der Waals surface area contributed by atoms with Crippen LogP contribution in [0.5, 0.6) is 0 Å². The molecule has 0 heterocycles. The zero-order chi connectivity index (χ0) is 9.52. The van der Waals surface area contributed by atoms with E-state index in [4.69, 9.17) is 0 Å². The standard InChI is InChI=1S/C12H19N/c1-3-11-7-5-6-8-12(11)9-10-13-4-2/h5-8,13H,3-4,9-10H2,1-2H3. The topological polar surface area (TPSA) is 12.0 Å². The van der Waals surface area contributed by atoms with Crippen molar-refractivity contribution in [1.82, 2.24) is 5.32 Å². The molecule has 0 saturated carbocycles. The largest absolute Gasteiger partial charge is 0.317 e. The molecule has 1 nitrogen and oxygen atoms in total. The lowest BCUT2D eigenvalue weighted by atomic mass is 10.0. The van der Waals surface area contributed by atoms with Crippen LogP contribution in [0.25, 0.3) is 0 Å². The Hall–Kier alpha value is -0.820. The van der Waals surface area contributed by atoms with E-state index in [-0.39, 0.29) is 0 Å². The fourth-order valence-corrected chi connectivity index (χ4v) is 1.55. The number of rotatable bonds is 5. The van der Waals surface area contributed by atoms with Gasteiger partial charge in [0.05, 0.1) is 0 Å². The molecule has 1 heteroatoms. The summed E-state index contributed by atoms with van der Waals surface area (Å²) in [7, 11) is 0. The van der Waals surface area contributed by atoms with Crippen LogP contribution in [-0.4, -0.2) is 13.1 Å². The first-order chi connectivity index (χ1) is 6.38. The second-order valence-corrected chi connectivity index (χ2v) is 3.23. The summed E-state index contributed by atoms with van der Waals surface area (Å²) in [5, 5.41) is 3.35. The predicted octanol–water partition coefficient (Wildman–Crippen LogP) is 2.40. The maximum Gasteiger partial charge on any atom is -0.000837 e. The van der Waals surface area contributed by atoms with Crippen molar-refractivity contribution in [2.75, 3.05) is 13.1 Å². The molecule has 1 rings (SSSR count). The van der Waals surface area contributed by atoms with Crippen LogP contribution in [0.15, 0.2) is 24.3 Å². The SMILES string of the molecule is CCNCCc1ccccc1CC. The molecule has 1 N–H and O–H groups in total. The third-order valence-corrected chi connectivity index (χ3v) is 2.32. The molecular formula is C12H19N. The first kappa shape index (κ1) is 10.3. The summed E-state index contributed by atoms with van der Waals surface area (Å²) in [5.41, 5.74) is 2.98. The van der Waals surface area contributed by atoms with E-state index in [1.807, 2.05) is 0 Å². The predicted molar refractivity (Wildman–Crippen MR) is 58.1 cm³/mol. The van der Waals surface area contributed by atoms with E-state index in [2.05, 4.69) is 43.4 Å². The Morgan fingerprint density at radius 2 is 1.77 bits per heavy atom. The van der Waals surface area contributed by atoms with Crippen LogP contribution in [0.1, 0.15) is 25.0 Å². The monoisotopic (exact) mass is 177 g/mol. The molecule has 0 fully saturated rings. The van der Waals surface area contributed by atoms with Gasteiger partial charge in [-0.1, -0.05) is 38.1 Å². The lowest BCUT2D eigenvalue weighted by molar-refractivity contribution is 0.713. The van der Waals surface area contributed by atoms with Crippen molar-refractivity contribution in [2.45, 2.75) is 26.7 Å². The fraction of sp³-hybridized carbons (Fsp3) is 0.500. The van der Waals surface area contributed by atoms with Gasteiger partial charge in [-0.25, -0.2) is 0 Å². The molecule has 0 aliphatic carbocycles.